The highest BCUT2D eigenvalue weighted by molar-refractivity contribution is 6.09. The molecule has 23 heavy (non-hydrogen) atoms. The highest BCUT2D eigenvalue weighted by atomic mass is 16.3. The van der Waals surface area contributed by atoms with Crippen LogP contribution in [0.15, 0.2) is 42.5 Å². The Balaban J connectivity index is 2.68. The molecule has 0 heterocycles. The van der Waals surface area contributed by atoms with Crippen LogP contribution in [0.5, 0.6) is 5.75 Å². The molecule has 2 aromatic rings. The molecule has 0 saturated carbocycles. The van der Waals surface area contributed by atoms with Crippen LogP contribution in [0.1, 0.15) is 68.6 Å². The molecule has 0 saturated heterocycles. The molecule has 1 N–H and O–H groups in total. The first-order chi connectivity index (χ1) is 10.5. The predicted octanol–water partition coefficient (Wildman–Crippen LogP) is 5.22. The number of hydrogen-bond donors (Lipinski definition) is 1. The van der Waals surface area contributed by atoms with E-state index in [1.807, 2.05) is 84.0 Å². The molecule has 2 heteroatoms. The van der Waals surface area contributed by atoms with Gasteiger partial charge in [-0.15, -0.1) is 0 Å². The first-order valence-electron chi connectivity index (χ1n) is 7.99. The lowest BCUT2D eigenvalue weighted by Gasteiger charge is -2.28. The van der Waals surface area contributed by atoms with E-state index >= 15 is 0 Å². The normalized spacial score (nSPS) is 12.3. The van der Waals surface area contributed by atoms with E-state index in [-0.39, 0.29) is 16.6 Å². The second kappa shape index (κ2) is 5.84. The fraction of sp³-hybridized carbons (Fsp3) is 0.381. The van der Waals surface area contributed by atoms with Crippen molar-refractivity contribution < 1.29 is 9.90 Å². The van der Waals surface area contributed by atoms with Gasteiger partial charge in [0.25, 0.3) is 0 Å². The standard InChI is InChI=1S/C21H26O2/c1-20(2,3)16-12-15(13-17(19(16)23)21(4,5)6)18(22)14-10-8-7-9-11-14/h7-13,23H,1-6H3. The van der Waals surface area contributed by atoms with Crippen molar-refractivity contribution in [3.63, 3.8) is 0 Å². The molecule has 122 valence electrons. The molecule has 2 rings (SSSR count). The third kappa shape index (κ3) is 3.64. The van der Waals surface area contributed by atoms with Crippen molar-refractivity contribution in [2.75, 3.05) is 0 Å². The first-order valence-corrected chi connectivity index (χ1v) is 7.99. The number of carbonyl (C=O) groups is 1. The van der Waals surface area contributed by atoms with E-state index in [4.69, 9.17) is 0 Å². The average Bonchev–Trinajstić information content (AvgIpc) is 2.45. The van der Waals surface area contributed by atoms with Crippen LogP contribution in [0.4, 0.5) is 0 Å². The molecule has 0 bridgehead atoms. The first kappa shape index (κ1) is 17.3. The number of aromatic hydroxyl groups is 1. The second-order valence-corrected chi connectivity index (χ2v) is 8.12. The zero-order valence-electron chi connectivity index (χ0n) is 14.9. The summed E-state index contributed by atoms with van der Waals surface area (Å²) in [4.78, 5) is 12.8. The molecule has 0 spiro atoms. The van der Waals surface area contributed by atoms with Gasteiger partial charge in [0.1, 0.15) is 5.75 Å². The molecule has 0 aliphatic heterocycles. The van der Waals surface area contributed by atoms with Crippen molar-refractivity contribution in [1.29, 1.82) is 0 Å². The topological polar surface area (TPSA) is 37.3 Å². The molecule has 2 nitrogen and oxygen atoms in total. The summed E-state index contributed by atoms with van der Waals surface area (Å²) in [5.74, 6) is 0.288. The monoisotopic (exact) mass is 310 g/mol. The molecule has 0 aliphatic rings. The number of rotatable bonds is 2. The number of hydrogen-bond acceptors (Lipinski definition) is 2. The van der Waals surface area contributed by atoms with E-state index in [0.717, 1.165) is 11.1 Å². The zero-order valence-corrected chi connectivity index (χ0v) is 14.9. The van der Waals surface area contributed by atoms with E-state index < -0.39 is 0 Å². The lowest BCUT2D eigenvalue weighted by molar-refractivity contribution is 0.103. The zero-order chi connectivity index (χ0) is 17.4. The largest absolute Gasteiger partial charge is 0.507 e. The van der Waals surface area contributed by atoms with Gasteiger partial charge in [-0.3, -0.25) is 4.79 Å². The molecule has 0 aromatic heterocycles. The van der Waals surface area contributed by atoms with Crippen molar-refractivity contribution in [2.45, 2.75) is 52.4 Å². The van der Waals surface area contributed by atoms with Crippen LogP contribution in [0.3, 0.4) is 0 Å². The van der Waals surface area contributed by atoms with Crippen LogP contribution in [0.2, 0.25) is 0 Å². The van der Waals surface area contributed by atoms with E-state index in [1.165, 1.54) is 0 Å². The minimum absolute atomic E-state index is 0.0124. The highest BCUT2D eigenvalue weighted by Gasteiger charge is 2.27. The van der Waals surface area contributed by atoms with Crippen LogP contribution in [0, 0.1) is 0 Å². The molecule has 0 atom stereocenters. The van der Waals surface area contributed by atoms with Crippen LogP contribution in [-0.2, 0) is 10.8 Å². The maximum absolute atomic E-state index is 12.8. The molecule has 2 aromatic carbocycles. The lowest BCUT2D eigenvalue weighted by atomic mass is 9.78. The summed E-state index contributed by atoms with van der Waals surface area (Å²) in [6, 6.07) is 12.9. The third-order valence-corrected chi connectivity index (χ3v) is 4.02. The molecule has 0 unspecified atom stereocenters. The van der Waals surface area contributed by atoms with Crippen molar-refractivity contribution in [3.8, 4) is 5.75 Å². The molecule has 0 radical (unpaired) electrons. The quantitative estimate of drug-likeness (QED) is 0.772. The van der Waals surface area contributed by atoms with Gasteiger partial charge in [0.2, 0.25) is 0 Å². The van der Waals surface area contributed by atoms with Crippen molar-refractivity contribution >= 4 is 5.78 Å². The Labute approximate surface area is 139 Å². The fourth-order valence-electron chi connectivity index (χ4n) is 2.67. The third-order valence-electron chi connectivity index (χ3n) is 4.02. The lowest BCUT2D eigenvalue weighted by Crippen LogP contribution is -2.19. The smallest absolute Gasteiger partial charge is 0.193 e. The number of carbonyl (C=O) groups excluding carboxylic acids is 1. The Kier molecular flexibility index (Phi) is 4.39. The van der Waals surface area contributed by atoms with Crippen LogP contribution < -0.4 is 0 Å². The Hall–Kier alpha value is -2.09. The van der Waals surface area contributed by atoms with Crippen molar-refractivity contribution in [2.24, 2.45) is 0 Å². The van der Waals surface area contributed by atoms with E-state index in [1.54, 1.807) is 0 Å². The van der Waals surface area contributed by atoms with Crippen LogP contribution in [-0.4, -0.2) is 10.9 Å². The van der Waals surface area contributed by atoms with Gasteiger partial charge in [0, 0.05) is 22.3 Å². The molecular weight excluding hydrogens is 284 g/mol. The minimum atomic E-state index is -0.239. The van der Waals surface area contributed by atoms with E-state index in [9.17, 15) is 9.90 Å². The number of phenols is 1. The van der Waals surface area contributed by atoms with Crippen LogP contribution in [0.25, 0.3) is 0 Å². The maximum atomic E-state index is 12.8. The second-order valence-electron chi connectivity index (χ2n) is 8.12. The molecule has 0 fully saturated rings. The van der Waals surface area contributed by atoms with Gasteiger partial charge in [-0.1, -0.05) is 71.9 Å². The Morgan fingerprint density at radius 2 is 1.22 bits per heavy atom. The number of ketones is 1. The minimum Gasteiger partial charge on any atom is -0.507 e. The van der Waals surface area contributed by atoms with Gasteiger partial charge in [-0.05, 0) is 23.0 Å². The van der Waals surface area contributed by atoms with Crippen molar-refractivity contribution in [1.82, 2.24) is 0 Å². The van der Waals surface area contributed by atoms with Gasteiger partial charge >= 0.3 is 0 Å². The Morgan fingerprint density at radius 3 is 1.61 bits per heavy atom. The summed E-state index contributed by atoms with van der Waals surface area (Å²) in [7, 11) is 0. The SMILES string of the molecule is CC(C)(C)c1cc(C(=O)c2ccccc2)cc(C(C)(C)C)c1O. The van der Waals surface area contributed by atoms with Gasteiger partial charge in [0.15, 0.2) is 5.78 Å². The molecule has 0 amide bonds. The fourth-order valence-corrected chi connectivity index (χ4v) is 2.67. The predicted molar refractivity (Wildman–Crippen MR) is 95.4 cm³/mol. The van der Waals surface area contributed by atoms with Gasteiger partial charge in [0.05, 0.1) is 0 Å². The summed E-state index contributed by atoms with van der Waals surface area (Å²) < 4.78 is 0. The van der Waals surface area contributed by atoms with Crippen molar-refractivity contribution in [3.05, 3.63) is 64.7 Å². The average molecular weight is 310 g/mol. The maximum Gasteiger partial charge on any atom is 0.193 e. The Bertz CT molecular complexity index is 679. The molecular formula is C21H26O2. The van der Waals surface area contributed by atoms with Gasteiger partial charge < -0.3 is 5.11 Å². The number of benzene rings is 2. The van der Waals surface area contributed by atoms with E-state index in [0.29, 0.717) is 16.9 Å². The van der Waals surface area contributed by atoms with E-state index in [2.05, 4.69) is 0 Å². The molecule has 0 aliphatic carbocycles. The van der Waals surface area contributed by atoms with Gasteiger partial charge in [-0.25, -0.2) is 0 Å². The Morgan fingerprint density at radius 1 is 0.783 bits per heavy atom. The summed E-state index contributed by atoms with van der Waals surface area (Å²) >= 11 is 0. The summed E-state index contributed by atoms with van der Waals surface area (Å²) in [5.41, 5.74) is 2.43. The number of phenolic OH excluding ortho intramolecular Hbond substituents is 1. The van der Waals surface area contributed by atoms with Crippen LogP contribution >= 0.6 is 0 Å². The summed E-state index contributed by atoms with van der Waals surface area (Å²) in [6.45, 7) is 12.3. The summed E-state index contributed by atoms with van der Waals surface area (Å²) in [5, 5.41) is 10.7. The summed E-state index contributed by atoms with van der Waals surface area (Å²) in [6.07, 6.45) is 0. The van der Waals surface area contributed by atoms with Gasteiger partial charge in [-0.2, -0.15) is 0 Å². The highest BCUT2D eigenvalue weighted by Crippen LogP contribution is 2.40.